The van der Waals surface area contributed by atoms with E-state index in [1.165, 1.54) is 12.8 Å². The third-order valence-electron chi connectivity index (χ3n) is 2.59. The largest absolute Gasteiger partial charge is 0.343 e. The molecule has 0 bridgehead atoms. The van der Waals surface area contributed by atoms with E-state index in [2.05, 4.69) is 37.1 Å². The molecule has 0 aromatic carbocycles. The van der Waals surface area contributed by atoms with Crippen LogP contribution in [0.1, 0.15) is 46.5 Å². The molecule has 94 valence electrons. The minimum atomic E-state index is 0.111. The summed E-state index contributed by atoms with van der Waals surface area (Å²) >= 11 is 0. The van der Waals surface area contributed by atoms with Crippen molar-refractivity contribution in [3.05, 3.63) is 12.2 Å². The third kappa shape index (κ3) is 8.48. The number of unbranched alkanes of at least 4 members (excludes halogenated alkanes) is 2. The van der Waals surface area contributed by atoms with E-state index in [4.69, 9.17) is 0 Å². The number of hydrogen-bond donors (Lipinski definition) is 1. The van der Waals surface area contributed by atoms with Gasteiger partial charge in [-0.05, 0) is 19.5 Å². The summed E-state index contributed by atoms with van der Waals surface area (Å²) in [4.78, 5) is 13.6. The van der Waals surface area contributed by atoms with Crippen molar-refractivity contribution in [1.82, 2.24) is 10.2 Å². The highest BCUT2D eigenvalue weighted by molar-refractivity contribution is 5.77. The Morgan fingerprint density at radius 2 is 1.88 bits per heavy atom. The van der Waals surface area contributed by atoms with Crippen LogP contribution in [0.3, 0.4) is 0 Å². The van der Waals surface area contributed by atoms with Crippen molar-refractivity contribution in [1.29, 1.82) is 0 Å². The quantitative estimate of drug-likeness (QED) is 0.372. The molecule has 3 nitrogen and oxygen atoms in total. The monoisotopic (exact) mass is 226 g/mol. The number of allylic oxidation sites excluding steroid dienone is 1. The van der Waals surface area contributed by atoms with Crippen molar-refractivity contribution in [2.45, 2.75) is 46.5 Å². The van der Waals surface area contributed by atoms with Crippen molar-refractivity contribution in [2.24, 2.45) is 0 Å². The second-order valence-electron chi connectivity index (χ2n) is 3.88. The van der Waals surface area contributed by atoms with E-state index in [9.17, 15) is 4.79 Å². The maximum absolute atomic E-state index is 11.4. The van der Waals surface area contributed by atoms with Gasteiger partial charge in [-0.15, -0.1) is 0 Å². The van der Waals surface area contributed by atoms with Gasteiger partial charge in [-0.3, -0.25) is 9.69 Å². The fraction of sp³-hybridized carbons (Fsp3) is 0.769. The first kappa shape index (κ1) is 15.2. The average molecular weight is 226 g/mol. The Hall–Kier alpha value is -0.830. The van der Waals surface area contributed by atoms with Gasteiger partial charge in [-0.1, -0.05) is 45.8 Å². The molecule has 0 aliphatic rings. The van der Waals surface area contributed by atoms with E-state index in [1.807, 2.05) is 6.08 Å². The zero-order valence-corrected chi connectivity index (χ0v) is 11.0. The Morgan fingerprint density at radius 3 is 2.44 bits per heavy atom. The van der Waals surface area contributed by atoms with Crippen LogP contribution in [-0.4, -0.2) is 30.6 Å². The van der Waals surface area contributed by atoms with Gasteiger partial charge in [0.1, 0.15) is 0 Å². The van der Waals surface area contributed by atoms with Crippen molar-refractivity contribution in [3.8, 4) is 0 Å². The summed E-state index contributed by atoms with van der Waals surface area (Å²) in [6.45, 7) is 8.98. The predicted molar refractivity (Wildman–Crippen MR) is 69.2 cm³/mol. The standard InChI is InChI=1S/C13H26N2O/c1-4-7-8-9-10-11-13(16)14-12-15(5-2)6-3/h9-10H,4-8,11-12H2,1-3H3,(H,14,16)/b10-9+. The van der Waals surface area contributed by atoms with Crippen molar-refractivity contribution in [2.75, 3.05) is 19.8 Å². The number of hydrogen-bond acceptors (Lipinski definition) is 2. The van der Waals surface area contributed by atoms with Crippen LogP contribution in [0.15, 0.2) is 12.2 Å². The summed E-state index contributed by atoms with van der Waals surface area (Å²) in [6.07, 6.45) is 8.06. The number of carbonyl (C=O) groups is 1. The normalized spacial score (nSPS) is 11.2. The van der Waals surface area contributed by atoms with Gasteiger partial charge in [0.2, 0.25) is 5.91 Å². The fourth-order valence-electron chi connectivity index (χ4n) is 1.35. The molecule has 0 aliphatic heterocycles. The smallest absolute Gasteiger partial charge is 0.224 e. The van der Waals surface area contributed by atoms with Crippen molar-refractivity contribution >= 4 is 5.91 Å². The van der Waals surface area contributed by atoms with Crippen molar-refractivity contribution in [3.63, 3.8) is 0 Å². The van der Waals surface area contributed by atoms with E-state index < -0.39 is 0 Å². The molecule has 3 heteroatoms. The Bertz CT molecular complexity index is 198. The Morgan fingerprint density at radius 1 is 1.19 bits per heavy atom. The number of nitrogens with zero attached hydrogens (tertiary/aromatic N) is 1. The van der Waals surface area contributed by atoms with Gasteiger partial charge in [-0.2, -0.15) is 0 Å². The summed E-state index contributed by atoms with van der Waals surface area (Å²) in [5.74, 6) is 0.111. The zero-order chi connectivity index (χ0) is 12.2. The topological polar surface area (TPSA) is 32.3 Å². The lowest BCUT2D eigenvalue weighted by Gasteiger charge is -2.18. The molecule has 0 atom stereocenters. The molecule has 0 aromatic heterocycles. The second kappa shape index (κ2) is 10.7. The van der Waals surface area contributed by atoms with Crippen LogP contribution >= 0.6 is 0 Å². The van der Waals surface area contributed by atoms with Crippen LogP contribution < -0.4 is 5.32 Å². The molecule has 16 heavy (non-hydrogen) atoms. The lowest BCUT2D eigenvalue weighted by Crippen LogP contribution is -2.37. The minimum absolute atomic E-state index is 0.111. The fourth-order valence-corrected chi connectivity index (χ4v) is 1.35. The molecule has 0 aromatic rings. The molecule has 0 spiro atoms. The third-order valence-corrected chi connectivity index (χ3v) is 2.59. The molecular formula is C13H26N2O. The Balaban J connectivity index is 3.54. The van der Waals surface area contributed by atoms with E-state index in [0.29, 0.717) is 13.1 Å². The number of rotatable bonds is 9. The first-order chi connectivity index (χ1) is 7.74. The van der Waals surface area contributed by atoms with Crippen molar-refractivity contribution < 1.29 is 4.79 Å². The van der Waals surface area contributed by atoms with Gasteiger partial charge >= 0.3 is 0 Å². The summed E-state index contributed by atoms with van der Waals surface area (Å²) in [5, 5.41) is 2.91. The lowest BCUT2D eigenvalue weighted by atomic mass is 10.2. The molecule has 0 unspecified atom stereocenters. The highest BCUT2D eigenvalue weighted by Crippen LogP contribution is 1.96. The second-order valence-corrected chi connectivity index (χ2v) is 3.88. The summed E-state index contributed by atoms with van der Waals surface area (Å²) in [6, 6.07) is 0. The SMILES string of the molecule is CCCC/C=C/CC(=O)NCN(CC)CC. The highest BCUT2D eigenvalue weighted by atomic mass is 16.1. The molecule has 0 rings (SSSR count). The Labute approximate surface area is 99.9 Å². The van der Waals surface area contributed by atoms with E-state index in [-0.39, 0.29) is 5.91 Å². The first-order valence-corrected chi connectivity index (χ1v) is 6.38. The van der Waals surface area contributed by atoms with E-state index in [0.717, 1.165) is 19.5 Å². The van der Waals surface area contributed by atoms with Gasteiger partial charge in [0.25, 0.3) is 0 Å². The molecule has 0 aliphatic carbocycles. The molecule has 1 N–H and O–H groups in total. The van der Waals surface area contributed by atoms with E-state index >= 15 is 0 Å². The molecule has 0 heterocycles. The number of carbonyl (C=O) groups excluding carboxylic acids is 1. The highest BCUT2D eigenvalue weighted by Gasteiger charge is 2.01. The van der Waals surface area contributed by atoms with Crippen LogP contribution in [0.2, 0.25) is 0 Å². The zero-order valence-electron chi connectivity index (χ0n) is 11.0. The number of nitrogens with one attached hydrogen (secondary N) is 1. The summed E-state index contributed by atoms with van der Waals surface area (Å²) in [5.41, 5.74) is 0. The minimum Gasteiger partial charge on any atom is -0.343 e. The van der Waals surface area contributed by atoms with Gasteiger partial charge in [-0.25, -0.2) is 0 Å². The predicted octanol–water partition coefficient (Wildman–Crippen LogP) is 2.54. The molecular weight excluding hydrogens is 200 g/mol. The first-order valence-electron chi connectivity index (χ1n) is 6.38. The summed E-state index contributed by atoms with van der Waals surface area (Å²) < 4.78 is 0. The molecule has 0 saturated heterocycles. The molecule has 0 radical (unpaired) electrons. The van der Waals surface area contributed by atoms with Crippen LogP contribution in [-0.2, 0) is 4.79 Å². The molecule has 0 fully saturated rings. The van der Waals surface area contributed by atoms with Crippen LogP contribution in [0.4, 0.5) is 0 Å². The maximum Gasteiger partial charge on any atom is 0.224 e. The maximum atomic E-state index is 11.4. The van der Waals surface area contributed by atoms with Gasteiger partial charge < -0.3 is 5.32 Å². The van der Waals surface area contributed by atoms with Crippen LogP contribution in [0.25, 0.3) is 0 Å². The number of amides is 1. The molecule has 0 saturated carbocycles. The average Bonchev–Trinajstić information content (AvgIpc) is 2.30. The van der Waals surface area contributed by atoms with Gasteiger partial charge in [0, 0.05) is 6.42 Å². The molecule has 1 amide bonds. The lowest BCUT2D eigenvalue weighted by molar-refractivity contribution is -0.120. The van der Waals surface area contributed by atoms with Crippen LogP contribution in [0.5, 0.6) is 0 Å². The van der Waals surface area contributed by atoms with Gasteiger partial charge in [0.15, 0.2) is 0 Å². The Kier molecular flexibility index (Phi) is 10.1. The summed E-state index contributed by atoms with van der Waals surface area (Å²) in [7, 11) is 0. The van der Waals surface area contributed by atoms with Crippen LogP contribution in [0, 0.1) is 0 Å². The van der Waals surface area contributed by atoms with E-state index in [1.54, 1.807) is 0 Å². The van der Waals surface area contributed by atoms with Gasteiger partial charge in [0.05, 0.1) is 6.67 Å².